The Morgan fingerprint density at radius 2 is 1.14 bits per heavy atom. The first kappa shape index (κ1) is 23.7. The van der Waals surface area contributed by atoms with Crippen LogP contribution in [0.4, 0.5) is 18.9 Å². The summed E-state index contributed by atoms with van der Waals surface area (Å²) < 4.78 is 50.0. The van der Waals surface area contributed by atoms with Crippen molar-refractivity contribution in [3.8, 4) is 0 Å². The molecule has 0 aliphatic carbocycles. The van der Waals surface area contributed by atoms with Crippen LogP contribution < -0.4 is 4.90 Å². The molecule has 0 N–H and O–H groups in total. The molecule has 0 saturated carbocycles. The number of benzene rings is 3. The van der Waals surface area contributed by atoms with Gasteiger partial charge in [0.05, 0.1) is 22.4 Å². The zero-order valence-corrected chi connectivity index (χ0v) is 17.8. The lowest BCUT2D eigenvalue weighted by atomic mass is 10.2. The van der Waals surface area contributed by atoms with Crippen LogP contribution in [0, 0.1) is 0 Å². The third-order valence-electron chi connectivity index (χ3n) is 5.12. The molecule has 0 aromatic heterocycles. The van der Waals surface area contributed by atoms with Crippen LogP contribution in [0.2, 0.25) is 0 Å². The Balaban J connectivity index is 1.68. The number of carbonyl (C=O) groups excluding carboxylic acids is 4. The molecular formula is C25H16F3NO6. The quantitative estimate of drug-likeness (QED) is 0.402. The summed E-state index contributed by atoms with van der Waals surface area (Å²) >= 11 is 0. The van der Waals surface area contributed by atoms with Gasteiger partial charge in [0.25, 0.3) is 11.8 Å². The molecular weight excluding hydrogens is 467 g/mol. The topological polar surface area (TPSA) is 90.0 Å². The van der Waals surface area contributed by atoms with E-state index in [1.165, 1.54) is 24.3 Å². The third-order valence-corrected chi connectivity index (χ3v) is 5.12. The number of halogens is 3. The Hall–Kier alpha value is -4.47. The van der Waals surface area contributed by atoms with E-state index in [0.717, 1.165) is 18.2 Å². The fourth-order valence-corrected chi connectivity index (χ4v) is 3.44. The highest BCUT2D eigenvalue weighted by Gasteiger charge is 2.53. The lowest BCUT2D eigenvalue weighted by Gasteiger charge is -2.16. The van der Waals surface area contributed by atoms with Gasteiger partial charge in [-0.2, -0.15) is 13.2 Å². The molecule has 35 heavy (non-hydrogen) atoms. The van der Waals surface area contributed by atoms with Crippen molar-refractivity contribution < 1.29 is 41.8 Å². The first-order chi connectivity index (χ1) is 16.7. The molecule has 0 spiro atoms. The Labute approximate surface area is 196 Å². The van der Waals surface area contributed by atoms with Gasteiger partial charge in [-0.15, -0.1) is 0 Å². The second kappa shape index (κ2) is 9.41. The summed E-state index contributed by atoms with van der Waals surface area (Å²) in [4.78, 5) is 51.9. The number of ether oxygens (including phenoxy) is 2. The summed E-state index contributed by atoms with van der Waals surface area (Å²) in [7, 11) is 0. The van der Waals surface area contributed by atoms with E-state index in [0.29, 0.717) is 11.0 Å². The zero-order chi connectivity index (χ0) is 25.2. The number of hydrogen-bond acceptors (Lipinski definition) is 6. The molecule has 178 valence electrons. The molecule has 10 heteroatoms. The van der Waals surface area contributed by atoms with E-state index < -0.39 is 53.4 Å². The first-order valence-electron chi connectivity index (χ1n) is 10.2. The van der Waals surface area contributed by atoms with Crippen molar-refractivity contribution in [3.05, 3.63) is 102 Å². The van der Waals surface area contributed by atoms with Crippen molar-refractivity contribution in [1.29, 1.82) is 0 Å². The standard InChI is InChI=1S/C25H16F3NO6/c26-25(27,28)17-12-7-13-18(14-17)29-21(30)19(34-23(32)15-8-3-1-4-9-15)20(22(29)31)35-24(33)16-10-5-2-6-11-16/h1-14,19-20H/t19-,20-/m1/s1. The Morgan fingerprint density at radius 1 is 0.686 bits per heavy atom. The highest BCUT2D eigenvalue weighted by atomic mass is 19.4. The van der Waals surface area contributed by atoms with Gasteiger partial charge in [0.1, 0.15) is 0 Å². The van der Waals surface area contributed by atoms with Crippen molar-refractivity contribution in [2.75, 3.05) is 4.90 Å². The molecule has 3 aromatic carbocycles. The smallest absolute Gasteiger partial charge is 0.416 e. The number of alkyl halides is 3. The predicted octanol–water partition coefficient (Wildman–Crippen LogP) is 4.03. The molecule has 2 atom stereocenters. The number of carbonyl (C=O) groups is 4. The van der Waals surface area contributed by atoms with Gasteiger partial charge in [-0.25, -0.2) is 14.5 Å². The molecule has 0 unspecified atom stereocenters. The third kappa shape index (κ3) is 4.91. The Bertz CT molecular complexity index is 1210. The van der Waals surface area contributed by atoms with Crippen LogP contribution in [0.5, 0.6) is 0 Å². The number of rotatable bonds is 5. The average Bonchev–Trinajstić information content (AvgIpc) is 3.08. The van der Waals surface area contributed by atoms with Crippen LogP contribution in [0.1, 0.15) is 26.3 Å². The fraction of sp³-hybridized carbons (Fsp3) is 0.120. The number of esters is 2. The van der Waals surface area contributed by atoms with Gasteiger partial charge in [-0.1, -0.05) is 42.5 Å². The van der Waals surface area contributed by atoms with E-state index in [4.69, 9.17) is 9.47 Å². The summed E-state index contributed by atoms with van der Waals surface area (Å²) in [6, 6.07) is 18.6. The van der Waals surface area contributed by atoms with Crippen molar-refractivity contribution in [3.63, 3.8) is 0 Å². The summed E-state index contributed by atoms with van der Waals surface area (Å²) in [6.45, 7) is 0. The van der Waals surface area contributed by atoms with Crippen molar-refractivity contribution in [2.24, 2.45) is 0 Å². The van der Waals surface area contributed by atoms with E-state index in [1.54, 1.807) is 36.4 Å². The van der Waals surface area contributed by atoms with Crippen molar-refractivity contribution in [1.82, 2.24) is 0 Å². The van der Waals surface area contributed by atoms with Crippen LogP contribution in [-0.2, 0) is 25.2 Å². The van der Waals surface area contributed by atoms with Gasteiger partial charge < -0.3 is 9.47 Å². The van der Waals surface area contributed by atoms with Gasteiger partial charge in [0.15, 0.2) is 0 Å². The molecule has 0 bridgehead atoms. The number of imide groups is 1. The molecule has 2 amide bonds. The molecule has 3 aromatic rings. The van der Waals surface area contributed by atoms with Crippen LogP contribution in [0.3, 0.4) is 0 Å². The maximum Gasteiger partial charge on any atom is 0.416 e. The van der Waals surface area contributed by atoms with Crippen LogP contribution in [0.15, 0.2) is 84.9 Å². The largest absolute Gasteiger partial charge is 0.444 e. The Kier molecular flexibility index (Phi) is 6.37. The van der Waals surface area contributed by atoms with Gasteiger partial charge >= 0.3 is 18.1 Å². The zero-order valence-electron chi connectivity index (χ0n) is 17.8. The molecule has 1 fully saturated rings. The molecule has 4 rings (SSSR count). The average molecular weight is 483 g/mol. The minimum Gasteiger partial charge on any atom is -0.444 e. The lowest BCUT2D eigenvalue weighted by molar-refractivity contribution is -0.137. The highest BCUT2D eigenvalue weighted by Crippen LogP contribution is 2.34. The summed E-state index contributed by atoms with van der Waals surface area (Å²) in [5.74, 6) is -4.26. The molecule has 1 saturated heterocycles. The SMILES string of the molecule is O=C(O[C@H]1C(=O)N(c2cccc(C(F)(F)F)c2)C(=O)[C@@H]1OC(=O)c1ccccc1)c1ccccc1. The second-order valence-corrected chi connectivity index (χ2v) is 7.44. The molecule has 1 heterocycles. The number of nitrogens with zero attached hydrogens (tertiary/aromatic N) is 1. The molecule has 1 aliphatic heterocycles. The van der Waals surface area contributed by atoms with Crippen LogP contribution in [0.25, 0.3) is 0 Å². The minimum absolute atomic E-state index is 0.0541. The summed E-state index contributed by atoms with van der Waals surface area (Å²) in [6.07, 6.45) is -8.55. The lowest BCUT2D eigenvalue weighted by Crippen LogP contribution is -2.37. The second-order valence-electron chi connectivity index (χ2n) is 7.44. The molecule has 1 aliphatic rings. The molecule has 7 nitrogen and oxygen atoms in total. The summed E-state index contributed by atoms with van der Waals surface area (Å²) in [5, 5.41) is 0. The van der Waals surface area contributed by atoms with Gasteiger partial charge in [0.2, 0.25) is 12.2 Å². The van der Waals surface area contributed by atoms with E-state index >= 15 is 0 Å². The molecule has 0 radical (unpaired) electrons. The van der Waals surface area contributed by atoms with Crippen LogP contribution >= 0.6 is 0 Å². The van der Waals surface area contributed by atoms with E-state index in [9.17, 15) is 32.3 Å². The predicted molar refractivity (Wildman–Crippen MR) is 115 cm³/mol. The normalized spacial score (nSPS) is 17.9. The Morgan fingerprint density at radius 3 is 1.57 bits per heavy atom. The van der Waals surface area contributed by atoms with E-state index in [2.05, 4.69) is 0 Å². The number of amides is 2. The number of hydrogen-bond donors (Lipinski definition) is 0. The van der Waals surface area contributed by atoms with Gasteiger partial charge in [0, 0.05) is 0 Å². The van der Waals surface area contributed by atoms with E-state index in [1.807, 2.05) is 0 Å². The van der Waals surface area contributed by atoms with Crippen molar-refractivity contribution in [2.45, 2.75) is 18.4 Å². The van der Waals surface area contributed by atoms with Crippen LogP contribution in [-0.4, -0.2) is 36.0 Å². The fourth-order valence-electron chi connectivity index (χ4n) is 3.44. The monoisotopic (exact) mass is 483 g/mol. The summed E-state index contributed by atoms with van der Waals surface area (Å²) in [5.41, 5.74) is -1.40. The number of anilines is 1. The maximum atomic E-state index is 13.2. The highest BCUT2D eigenvalue weighted by molar-refractivity contribution is 6.25. The minimum atomic E-state index is -4.74. The van der Waals surface area contributed by atoms with Crippen molar-refractivity contribution >= 4 is 29.4 Å². The van der Waals surface area contributed by atoms with E-state index in [-0.39, 0.29) is 11.1 Å². The first-order valence-corrected chi connectivity index (χ1v) is 10.2. The maximum absolute atomic E-state index is 13.2. The van der Waals surface area contributed by atoms with Gasteiger partial charge in [-0.3, -0.25) is 9.59 Å². The van der Waals surface area contributed by atoms with Gasteiger partial charge in [-0.05, 0) is 42.5 Å².